The Kier molecular flexibility index (Phi) is 4.54. The molecular formula is C13H23NO3. The monoisotopic (exact) mass is 241 g/mol. The van der Waals surface area contributed by atoms with Crippen LogP contribution in [-0.4, -0.2) is 25.0 Å². The number of rotatable bonds is 2. The van der Waals surface area contributed by atoms with Gasteiger partial charge in [0.15, 0.2) is 0 Å². The van der Waals surface area contributed by atoms with Crippen LogP contribution in [0.3, 0.4) is 0 Å². The van der Waals surface area contributed by atoms with Gasteiger partial charge in [0.1, 0.15) is 5.78 Å². The molecule has 0 unspecified atom stereocenters. The van der Waals surface area contributed by atoms with Crippen LogP contribution in [0.4, 0.5) is 4.79 Å². The number of Topliss-reactive ketones (excluding diaryl/α,β-unsaturated/α-hetero) is 1. The predicted molar refractivity (Wildman–Crippen MR) is 65.7 cm³/mol. The first-order valence-electron chi connectivity index (χ1n) is 6.25. The fourth-order valence-electron chi connectivity index (χ4n) is 2.38. The second kappa shape index (κ2) is 5.52. The molecule has 98 valence electrons. The van der Waals surface area contributed by atoms with E-state index in [1.807, 2.05) is 20.8 Å². The molecule has 0 aromatic rings. The summed E-state index contributed by atoms with van der Waals surface area (Å²) in [7, 11) is 1.35. The molecule has 2 atom stereocenters. The van der Waals surface area contributed by atoms with E-state index in [1.165, 1.54) is 7.11 Å². The summed E-state index contributed by atoms with van der Waals surface area (Å²) in [4.78, 5) is 23.6. The van der Waals surface area contributed by atoms with Gasteiger partial charge in [0.2, 0.25) is 0 Å². The molecule has 0 saturated heterocycles. The van der Waals surface area contributed by atoms with Gasteiger partial charge in [-0.15, -0.1) is 0 Å². The lowest BCUT2D eigenvalue weighted by molar-refractivity contribution is -0.132. The summed E-state index contributed by atoms with van der Waals surface area (Å²) in [5.74, 6) is 0.168. The minimum Gasteiger partial charge on any atom is -0.453 e. The van der Waals surface area contributed by atoms with Crippen LogP contribution in [0.2, 0.25) is 0 Å². The third kappa shape index (κ3) is 3.72. The van der Waals surface area contributed by atoms with Gasteiger partial charge in [0.05, 0.1) is 7.11 Å². The summed E-state index contributed by atoms with van der Waals surface area (Å²) in [5, 5.41) is 2.79. The zero-order valence-electron chi connectivity index (χ0n) is 11.2. The number of ketones is 1. The van der Waals surface area contributed by atoms with Gasteiger partial charge in [-0.2, -0.15) is 0 Å². The van der Waals surface area contributed by atoms with Crippen LogP contribution in [0.15, 0.2) is 0 Å². The molecule has 17 heavy (non-hydrogen) atoms. The van der Waals surface area contributed by atoms with Crippen molar-refractivity contribution in [2.75, 3.05) is 7.11 Å². The molecule has 1 amide bonds. The molecule has 0 aromatic heterocycles. The van der Waals surface area contributed by atoms with Gasteiger partial charge in [0.25, 0.3) is 0 Å². The van der Waals surface area contributed by atoms with Crippen molar-refractivity contribution < 1.29 is 14.3 Å². The summed E-state index contributed by atoms with van der Waals surface area (Å²) in [6, 6.07) is -0.0667. The van der Waals surface area contributed by atoms with Gasteiger partial charge in [-0.05, 0) is 12.8 Å². The predicted octanol–water partition coefficient (Wildman–Crippen LogP) is 2.52. The van der Waals surface area contributed by atoms with E-state index in [0.717, 1.165) is 25.7 Å². The number of methoxy groups -OCH3 is 1. The van der Waals surface area contributed by atoms with E-state index in [0.29, 0.717) is 0 Å². The number of hydrogen-bond acceptors (Lipinski definition) is 3. The lowest BCUT2D eigenvalue weighted by Crippen LogP contribution is -2.47. The van der Waals surface area contributed by atoms with Gasteiger partial charge in [0, 0.05) is 17.4 Å². The molecule has 4 heteroatoms. The van der Waals surface area contributed by atoms with E-state index in [-0.39, 0.29) is 23.2 Å². The highest BCUT2D eigenvalue weighted by Gasteiger charge is 2.37. The highest BCUT2D eigenvalue weighted by molar-refractivity contribution is 5.87. The summed E-state index contributed by atoms with van der Waals surface area (Å²) >= 11 is 0. The first-order valence-corrected chi connectivity index (χ1v) is 6.25. The van der Waals surface area contributed by atoms with Crippen LogP contribution in [0.5, 0.6) is 0 Å². The van der Waals surface area contributed by atoms with Crippen LogP contribution >= 0.6 is 0 Å². The molecule has 4 nitrogen and oxygen atoms in total. The SMILES string of the molecule is COC(=O)N[C@@H]1CCCC[C@@H]1C(=O)C(C)(C)C. The fraction of sp³-hybridized carbons (Fsp3) is 0.846. The largest absolute Gasteiger partial charge is 0.453 e. The number of nitrogens with one attached hydrogen (secondary N) is 1. The number of carbonyl (C=O) groups excluding carboxylic acids is 2. The van der Waals surface area contributed by atoms with Crippen molar-refractivity contribution >= 4 is 11.9 Å². The quantitative estimate of drug-likeness (QED) is 0.808. The molecule has 1 rings (SSSR count). The van der Waals surface area contributed by atoms with Crippen molar-refractivity contribution in [2.24, 2.45) is 11.3 Å². The van der Waals surface area contributed by atoms with Crippen LogP contribution < -0.4 is 5.32 Å². The Balaban J connectivity index is 2.72. The normalized spacial score (nSPS) is 25.2. The van der Waals surface area contributed by atoms with Crippen molar-refractivity contribution in [3.05, 3.63) is 0 Å². The highest BCUT2D eigenvalue weighted by Crippen LogP contribution is 2.31. The summed E-state index contributed by atoms with van der Waals surface area (Å²) in [6.45, 7) is 5.79. The topological polar surface area (TPSA) is 55.4 Å². The van der Waals surface area contributed by atoms with E-state index in [9.17, 15) is 9.59 Å². The first-order chi connectivity index (χ1) is 7.86. The maximum atomic E-state index is 12.3. The molecule has 0 radical (unpaired) electrons. The smallest absolute Gasteiger partial charge is 0.407 e. The molecule has 0 aromatic carbocycles. The van der Waals surface area contributed by atoms with E-state index >= 15 is 0 Å². The lowest BCUT2D eigenvalue weighted by atomic mass is 9.74. The Morgan fingerprint density at radius 1 is 1.18 bits per heavy atom. The Labute approximate surface area is 103 Å². The van der Waals surface area contributed by atoms with Crippen LogP contribution in [0.25, 0.3) is 0 Å². The van der Waals surface area contributed by atoms with E-state index in [2.05, 4.69) is 10.1 Å². The van der Waals surface area contributed by atoms with Crippen LogP contribution in [0, 0.1) is 11.3 Å². The number of alkyl carbamates (subject to hydrolysis) is 1. The Morgan fingerprint density at radius 2 is 1.76 bits per heavy atom. The summed E-state index contributed by atoms with van der Waals surface area (Å²) in [5.41, 5.74) is -0.349. The van der Waals surface area contributed by atoms with Gasteiger partial charge in [-0.1, -0.05) is 33.6 Å². The zero-order valence-corrected chi connectivity index (χ0v) is 11.2. The number of carbonyl (C=O) groups is 2. The van der Waals surface area contributed by atoms with Gasteiger partial charge in [-0.3, -0.25) is 4.79 Å². The van der Waals surface area contributed by atoms with E-state index in [1.54, 1.807) is 0 Å². The molecule has 0 heterocycles. The zero-order chi connectivity index (χ0) is 13.1. The van der Waals surface area contributed by atoms with E-state index < -0.39 is 6.09 Å². The summed E-state index contributed by atoms with van der Waals surface area (Å²) in [6.07, 6.45) is 3.41. The number of hydrogen-bond donors (Lipinski definition) is 1. The Morgan fingerprint density at radius 3 is 2.29 bits per heavy atom. The highest BCUT2D eigenvalue weighted by atomic mass is 16.5. The van der Waals surface area contributed by atoms with Gasteiger partial charge < -0.3 is 10.1 Å². The van der Waals surface area contributed by atoms with Crippen LogP contribution in [0.1, 0.15) is 46.5 Å². The Hall–Kier alpha value is -1.06. The average Bonchev–Trinajstić information content (AvgIpc) is 2.27. The molecule has 0 bridgehead atoms. The second-order valence-corrected chi connectivity index (χ2v) is 5.75. The molecule has 0 aliphatic heterocycles. The second-order valence-electron chi connectivity index (χ2n) is 5.75. The van der Waals surface area contributed by atoms with Gasteiger partial charge >= 0.3 is 6.09 Å². The lowest BCUT2D eigenvalue weighted by Gasteiger charge is -2.34. The fourth-order valence-corrected chi connectivity index (χ4v) is 2.38. The van der Waals surface area contributed by atoms with Crippen molar-refractivity contribution in [3.63, 3.8) is 0 Å². The van der Waals surface area contributed by atoms with Crippen molar-refractivity contribution in [1.82, 2.24) is 5.32 Å². The van der Waals surface area contributed by atoms with Gasteiger partial charge in [-0.25, -0.2) is 4.79 Å². The third-order valence-electron chi connectivity index (χ3n) is 3.33. The van der Waals surface area contributed by atoms with Crippen molar-refractivity contribution in [1.29, 1.82) is 0 Å². The maximum Gasteiger partial charge on any atom is 0.407 e. The molecule has 0 spiro atoms. The number of amides is 1. The van der Waals surface area contributed by atoms with Crippen LogP contribution in [-0.2, 0) is 9.53 Å². The molecule has 1 N–H and O–H groups in total. The maximum absolute atomic E-state index is 12.3. The number of ether oxygens (including phenoxy) is 1. The molecular weight excluding hydrogens is 218 g/mol. The molecule has 1 aliphatic rings. The Bertz CT molecular complexity index is 294. The summed E-state index contributed by atoms with van der Waals surface area (Å²) < 4.78 is 4.61. The standard InChI is InChI=1S/C13H23NO3/c1-13(2,3)11(15)9-7-5-6-8-10(9)14-12(16)17-4/h9-10H,5-8H2,1-4H3,(H,14,16)/t9-,10+/m0/s1. The minimum atomic E-state index is -0.441. The molecule has 1 saturated carbocycles. The van der Waals surface area contributed by atoms with Crippen molar-refractivity contribution in [3.8, 4) is 0 Å². The first kappa shape index (κ1) is 14.0. The molecule has 1 aliphatic carbocycles. The minimum absolute atomic E-state index is 0.0667. The third-order valence-corrected chi connectivity index (χ3v) is 3.33. The average molecular weight is 241 g/mol. The van der Waals surface area contributed by atoms with Crippen molar-refractivity contribution in [2.45, 2.75) is 52.5 Å². The van der Waals surface area contributed by atoms with E-state index in [4.69, 9.17) is 0 Å². The molecule has 1 fully saturated rings.